The molecule has 0 bridgehead atoms. The van der Waals surface area contributed by atoms with E-state index in [0.29, 0.717) is 13.1 Å². The summed E-state index contributed by atoms with van der Waals surface area (Å²) in [5.41, 5.74) is 0. The van der Waals surface area contributed by atoms with E-state index in [4.69, 9.17) is 4.74 Å². The molecule has 1 N–H and O–H groups in total. The molecule has 3 rings (SSSR count). The second-order valence-corrected chi connectivity index (χ2v) is 6.15. The van der Waals surface area contributed by atoms with Crippen LogP contribution in [0, 0.1) is 0 Å². The molecule has 0 aromatic carbocycles. The fourth-order valence-corrected chi connectivity index (χ4v) is 3.02. The standard InChI is InChI=1S/C15H24N6O3/c1-12(22)16-9-15(23)20-3-2-4-21-13(17-18-14(21)11-20)10-19-5-7-24-8-6-19/h2-11H2,1H3,(H,16,22). The van der Waals surface area contributed by atoms with Crippen LogP contribution in [-0.4, -0.2) is 75.8 Å². The molecular weight excluding hydrogens is 312 g/mol. The Bertz CT molecular complexity index is 596. The predicted octanol–water partition coefficient (Wildman–Crippen LogP) is -1.02. The molecule has 0 radical (unpaired) electrons. The van der Waals surface area contributed by atoms with Crippen molar-refractivity contribution in [1.29, 1.82) is 0 Å². The van der Waals surface area contributed by atoms with E-state index in [0.717, 1.165) is 57.5 Å². The van der Waals surface area contributed by atoms with Crippen molar-refractivity contribution in [1.82, 2.24) is 29.9 Å². The fourth-order valence-electron chi connectivity index (χ4n) is 3.02. The lowest BCUT2D eigenvalue weighted by atomic mass is 10.3. The Balaban J connectivity index is 1.64. The Labute approximate surface area is 140 Å². The Hall–Kier alpha value is -2.00. The molecule has 0 atom stereocenters. The maximum Gasteiger partial charge on any atom is 0.242 e. The topological polar surface area (TPSA) is 92.6 Å². The highest BCUT2D eigenvalue weighted by atomic mass is 16.5. The largest absolute Gasteiger partial charge is 0.379 e. The number of nitrogens with zero attached hydrogens (tertiary/aromatic N) is 5. The lowest BCUT2D eigenvalue weighted by Gasteiger charge is -2.26. The average Bonchev–Trinajstić information content (AvgIpc) is 2.81. The number of carbonyl (C=O) groups is 2. The second-order valence-electron chi connectivity index (χ2n) is 6.15. The van der Waals surface area contributed by atoms with Crippen LogP contribution in [0.3, 0.4) is 0 Å². The van der Waals surface area contributed by atoms with E-state index >= 15 is 0 Å². The van der Waals surface area contributed by atoms with Gasteiger partial charge >= 0.3 is 0 Å². The lowest BCUT2D eigenvalue weighted by Crippen LogP contribution is -2.39. The van der Waals surface area contributed by atoms with Crippen LogP contribution in [0.2, 0.25) is 0 Å². The Morgan fingerprint density at radius 3 is 2.71 bits per heavy atom. The zero-order valence-corrected chi connectivity index (χ0v) is 14.0. The number of hydrogen-bond donors (Lipinski definition) is 1. The van der Waals surface area contributed by atoms with Gasteiger partial charge in [0.15, 0.2) is 5.82 Å². The van der Waals surface area contributed by atoms with Crippen LogP contribution in [-0.2, 0) is 34.0 Å². The molecule has 3 heterocycles. The Morgan fingerprint density at radius 1 is 1.17 bits per heavy atom. The molecular formula is C15H24N6O3. The van der Waals surface area contributed by atoms with Crippen LogP contribution in [0.1, 0.15) is 25.0 Å². The number of fused-ring (bicyclic) bond motifs is 1. The van der Waals surface area contributed by atoms with Gasteiger partial charge in [-0.3, -0.25) is 14.5 Å². The van der Waals surface area contributed by atoms with Crippen LogP contribution in [0.5, 0.6) is 0 Å². The Morgan fingerprint density at radius 2 is 1.96 bits per heavy atom. The second kappa shape index (κ2) is 7.71. The summed E-state index contributed by atoms with van der Waals surface area (Å²) in [5.74, 6) is 1.47. The first-order chi connectivity index (χ1) is 11.6. The number of morpholine rings is 1. The van der Waals surface area contributed by atoms with Gasteiger partial charge in [-0.1, -0.05) is 0 Å². The minimum absolute atomic E-state index is 0.0319. The van der Waals surface area contributed by atoms with Gasteiger partial charge in [0.25, 0.3) is 0 Å². The van der Waals surface area contributed by atoms with Crippen LogP contribution in [0.25, 0.3) is 0 Å². The minimum Gasteiger partial charge on any atom is -0.379 e. The minimum atomic E-state index is -0.200. The van der Waals surface area contributed by atoms with Gasteiger partial charge in [0.05, 0.1) is 32.8 Å². The first-order valence-corrected chi connectivity index (χ1v) is 8.37. The number of carbonyl (C=O) groups excluding carboxylic acids is 2. The van der Waals surface area contributed by atoms with E-state index in [1.54, 1.807) is 4.90 Å². The maximum absolute atomic E-state index is 12.2. The first kappa shape index (κ1) is 16.8. The van der Waals surface area contributed by atoms with E-state index in [9.17, 15) is 9.59 Å². The molecule has 0 spiro atoms. The van der Waals surface area contributed by atoms with Gasteiger partial charge in [-0.15, -0.1) is 10.2 Å². The number of aromatic nitrogens is 3. The molecule has 0 saturated carbocycles. The third kappa shape index (κ3) is 4.09. The molecule has 1 aromatic rings. The van der Waals surface area contributed by atoms with Crippen molar-refractivity contribution in [3.63, 3.8) is 0 Å². The molecule has 24 heavy (non-hydrogen) atoms. The highest BCUT2D eigenvalue weighted by molar-refractivity contribution is 5.83. The summed E-state index contributed by atoms with van der Waals surface area (Å²) in [6.07, 6.45) is 0.854. The number of nitrogens with one attached hydrogen (secondary N) is 1. The molecule has 2 aliphatic rings. The smallest absolute Gasteiger partial charge is 0.242 e. The highest BCUT2D eigenvalue weighted by Crippen LogP contribution is 2.14. The molecule has 2 aliphatic heterocycles. The van der Waals surface area contributed by atoms with E-state index in [1.807, 2.05) is 0 Å². The third-order valence-electron chi connectivity index (χ3n) is 4.36. The predicted molar refractivity (Wildman–Crippen MR) is 84.8 cm³/mol. The van der Waals surface area contributed by atoms with E-state index < -0.39 is 0 Å². The van der Waals surface area contributed by atoms with Crippen LogP contribution < -0.4 is 5.32 Å². The maximum atomic E-state index is 12.2. The first-order valence-electron chi connectivity index (χ1n) is 8.37. The van der Waals surface area contributed by atoms with Gasteiger partial charge in [0.2, 0.25) is 11.8 Å². The zero-order chi connectivity index (χ0) is 16.9. The molecule has 1 fully saturated rings. The van der Waals surface area contributed by atoms with Crippen molar-refractivity contribution < 1.29 is 14.3 Å². The molecule has 9 nitrogen and oxygen atoms in total. The number of ether oxygens (including phenoxy) is 1. The molecule has 132 valence electrons. The number of hydrogen-bond acceptors (Lipinski definition) is 6. The monoisotopic (exact) mass is 336 g/mol. The van der Waals surface area contributed by atoms with Gasteiger partial charge < -0.3 is 19.5 Å². The summed E-state index contributed by atoms with van der Waals surface area (Å²) >= 11 is 0. The van der Waals surface area contributed by atoms with Crippen LogP contribution in [0.4, 0.5) is 0 Å². The summed E-state index contributed by atoms with van der Waals surface area (Å²) in [6, 6.07) is 0. The third-order valence-corrected chi connectivity index (χ3v) is 4.36. The van der Waals surface area contributed by atoms with E-state index in [1.165, 1.54) is 6.92 Å². The van der Waals surface area contributed by atoms with Gasteiger partial charge in [-0.05, 0) is 6.42 Å². The summed E-state index contributed by atoms with van der Waals surface area (Å²) in [5, 5.41) is 11.2. The van der Waals surface area contributed by atoms with Crippen molar-refractivity contribution in [2.24, 2.45) is 0 Å². The highest BCUT2D eigenvalue weighted by Gasteiger charge is 2.23. The lowest BCUT2D eigenvalue weighted by molar-refractivity contribution is -0.133. The number of amides is 2. The van der Waals surface area contributed by atoms with E-state index in [2.05, 4.69) is 25.0 Å². The van der Waals surface area contributed by atoms with Crippen molar-refractivity contribution in [3.8, 4) is 0 Å². The Kier molecular flexibility index (Phi) is 5.41. The summed E-state index contributed by atoms with van der Waals surface area (Å²) in [6.45, 7) is 7.44. The van der Waals surface area contributed by atoms with Crippen LogP contribution in [0.15, 0.2) is 0 Å². The van der Waals surface area contributed by atoms with Crippen molar-refractivity contribution in [2.75, 3.05) is 39.4 Å². The van der Waals surface area contributed by atoms with Crippen LogP contribution >= 0.6 is 0 Å². The van der Waals surface area contributed by atoms with Crippen molar-refractivity contribution >= 4 is 11.8 Å². The quantitative estimate of drug-likeness (QED) is 0.756. The fraction of sp³-hybridized carbons (Fsp3) is 0.733. The van der Waals surface area contributed by atoms with Gasteiger partial charge in [-0.2, -0.15) is 0 Å². The summed E-state index contributed by atoms with van der Waals surface area (Å²) < 4.78 is 7.50. The zero-order valence-electron chi connectivity index (χ0n) is 14.0. The summed E-state index contributed by atoms with van der Waals surface area (Å²) in [7, 11) is 0. The SMILES string of the molecule is CC(=O)NCC(=O)N1CCCn2c(CN3CCOCC3)nnc2C1. The molecule has 0 unspecified atom stereocenters. The van der Waals surface area contributed by atoms with Gasteiger partial charge in [0, 0.05) is 33.1 Å². The number of rotatable bonds is 4. The van der Waals surface area contributed by atoms with Gasteiger partial charge in [-0.25, -0.2) is 0 Å². The molecule has 1 aromatic heterocycles. The van der Waals surface area contributed by atoms with Gasteiger partial charge in [0.1, 0.15) is 5.82 Å². The van der Waals surface area contributed by atoms with Crippen molar-refractivity contribution in [2.45, 2.75) is 33.0 Å². The summed E-state index contributed by atoms with van der Waals surface area (Å²) in [4.78, 5) is 27.2. The van der Waals surface area contributed by atoms with E-state index in [-0.39, 0.29) is 18.4 Å². The van der Waals surface area contributed by atoms with Crippen molar-refractivity contribution in [3.05, 3.63) is 11.6 Å². The average molecular weight is 336 g/mol. The molecule has 2 amide bonds. The molecule has 1 saturated heterocycles. The molecule has 9 heteroatoms. The normalized spacial score (nSPS) is 18.8. The molecule has 0 aliphatic carbocycles.